The molecule has 0 spiro atoms. The Kier molecular flexibility index (Phi) is 7.35. The summed E-state index contributed by atoms with van der Waals surface area (Å²) in [5, 5.41) is 4.50. The second-order valence-electron chi connectivity index (χ2n) is 11.5. The van der Waals surface area contributed by atoms with Crippen molar-refractivity contribution in [3.05, 3.63) is 60.3 Å². The third-order valence-electron chi connectivity index (χ3n) is 6.94. The van der Waals surface area contributed by atoms with Crippen molar-refractivity contribution in [3.63, 3.8) is 0 Å². The maximum absolute atomic E-state index is 13.5. The first-order valence-corrected chi connectivity index (χ1v) is 13.6. The topological polar surface area (TPSA) is 99.3 Å². The van der Waals surface area contributed by atoms with Gasteiger partial charge in [-0.05, 0) is 63.9 Å². The normalized spacial score (nSPS) is 16.1. The molecule has 210 valence electrons. The molecule has 10 heteroatoms. The van der Waals surface area contributed by atoms with Crippen LogP contribution in [-0.2, 0) is 4.74 Å². The van der Waals surface area contributed by atoms with Crippen molar-refractivity contribution in [1.82, 2.24) is 24.8 Å². The SMILES string of the molecule is CC(C)c1cnc(-c2ccc(F)cc2)nc1Nc1ccnc2[nH]cc(N3CCN(C(=O)OC(C)(C)C)C[C@@H]3C)c12. The highest BCUT2D eigenvalue weighted by atomic mass is 19.1. The first-order chi connectivity index (χ1) is 19.0. The quantitative estimate of drug-likeness (QED) is 0.296. The number of nitrogens with zero attached hydrogens (tertiary/aromatic N) is 5. The highest BCUT2D eigenvalue weighted by Crippen LogP contribution is 2.37. The fourth-order valence-electron chi connectivity index (χ4n) is 4.96. The van der Waals surface area contributed by atoms with Gasteiger partial charge in [0.15, 0.2) is 5.82 Å². The zero-order chi connectivity index (χ0) is 28.6. The zero-order valence-electron chi connectivity index (χ0n) is 23.8. The summed E-state index contributed by atoms with van der Waals surface area (Å²) in [4.78, 5) is 34.0. The Bertz CT molecular complexity index is 1510. The van der Waals surface area contributed by atoms with Gasteiger partial charge in [-0.3, -0.25) is 0 Å². The van der Waals surface area contributed by atoms with E-state index in [4.69, 9.17) is 9.72 Å². The predicted molar refractivity (Wildman–Crippen MR) is 156 cm³/mol. The van der Waals surface area contributed by atoms with E-state index >= 15 is 0 Å². The highest BCUT2D eigenvalue weighted by molar-refractivity contribution is 6.01. The van der Waals surface area contributed by atoms with Gasteiger partial charge in [0.05, 0.1) is 16.8 Å². The summed E-state index contributed by atoms with van der Waals surface area (Å²) in [5.74, 6) is 1.07. The smallest absolute Gasteiger partial charge is 0.410 e. The average Bonchev–Trinajstić information content (AvgIpc) is 3.33. The Balaban J connectivity index is 1.46. The number of H-pyrrole nitrogens is 1. The van der Waals surface area contributed by atoms with E-state index in [1.807, 2.05) is 39.2 Å². The molecule has 0 bridgehead atoms. The summed E-state index contributed by atoms with van der Waals surface area (Å²) in [7, 11) is 0. The number of piperazine rings is 1. The lowest BCUT2D eigenvalue weighted by Crippen LogP contribution is -2.54. The molecule has 1 amide bonds. The van der Waals surface area contributed by atoms with E-state index in [2.05, 4.69) is 45.9 Å². The van der Waals surface area contributed by atoms with Gasteiger partial charge in [-0.1, -0.05) is 13.8 Å². The molecule has 1 aromatic carbocycles. The minimum absolute atomic E-state index is 0.0590. The van der Waals surface area contributed by atoms with Crippen LogP contribution in [0.3, 0.4) is 0 Å². The van der Waals surface area contributed by atoms with E-state index in [0.717, 1.165) is 33.5 Å². The van der Waals surface area contributed by atoms with Crippen molar-refractivity contribution in [2.45, 2.75) is 59.1 Å². The number of hydrogen-bond donors (Lipinski definition) is 2. The number of aromatic amines is 1. The number of fused-ring (bicyclic) bond motifs is 1. The van der Waals surface area contributed by atoms with E-state index in [-0.39, 0.29) is 23.9 Å². The second-order valence-corrected chi connectivity index (χ2v) is 11.5. The molecule has 3 aromatic heterocycles. The van der Waals surface area contributed by atoms with Crippen LogP contribution in [0, 0.1) is 5.82 Å². The Morgan fingerprint density at radius 3 is 2.58 bits per heavy atom. The number of carbonyl (C=O) groups excluding carboxylic acids is 1. The maximum atomic E-state index is 13.5. The lowest BCUT2D eigenvalue weighted by Gasteiger charge is -2.41. The van der Waals surface area contributed by atoms with Crippen molar-refractivity contribution in [3.8, 4) is 11.4 Å². The molecule has 40 heavy (non-hydrogen) atoms. The van der Waals surface area contributed by atoms with Crippen LogP contribution in [-0.4, -0.2) is 62.2 Å². The molecular weight excluding hydrogens is 509 g/mol. The molecule has 4 heterocycles. The fraction of sp³-hybridized carbons (Fsp3) is 0.400. The zero-order valence-corrected chi connectivity index (χ0v) is 23.8. The van der Waals surface area contributed by atoms with Crippen LogP contribution in [0.25, 0.3) is 22.4 Å². The molecule has 1 fully saturated rings. The minimum Gasteiger partial charge on any atom is -0.444 e. The summed E-state index contributed by atoms with van der Waals surface area (Å²) >= 11 is 0. The standard InChI is InChI=1S/C30H36FN7O2/c1-18(2)22-15-33-26(20-7-9-21(31)10-8-20)36-27(22)35-23-11-12-32-28-25(23)24(16-34-28)38-14-13-37(17-19(38)3)29(39)40-30(4,5)6/h7-12,15-16,18-19H,13-14,17H2,1-6H3,(H2,32,33,34,35,36)/t19-/m0/s1. The van der Waals surface area contributed by atoms with Crippen molar-refractivity contribution in [2.75, 3.05) is 29.9 Å². The third-order valence-corrected chi connectivity index (χ3v) is 6.94. The van der Waals surface area contributed by atoms with E-state index in [1.54, 1.807) is 23.2 Å². The first kappa shape index (κ1) is 27.4. The fourth-order valence-corrected chi connectivity index (χ4v) is 4.96. The number of nitrogens with one attached hydrogen (secondary N) is 2. The van der Waals surface area contributed by atoms with Crippen molar-refractivity contribution < 1.29 is 13.9 Å². The van der Waals surface area contributed by atoms with Gasteiger partial charge in [-0.2, -0.15) is 0 Å². The molecule has 1 atom stereocenters. The van der Waals surface area contributed by atoms with Gasteiger partial charge in [-0.25, -0.2) is 24.1 Å². The van der Waals surface area contributed by atoms with Crippen LogP contribution in [0.2, 0.25) is 0 Å². The van der Waals surface area contributed by atoms with Gasteiger partial charge < -0.3 is 24.8 Å². The van der Waals surface area contributed by atoms with Gasteiger partial charge >= 0.3 is 6.09 Å². The summed E-state index contributed by atoms with van der Waals surface area (Å²) in [6.45, 7) is 13.7. The molecule has 1 saturated heterocycles. The lowest BCUT2D eigenvalue weighted by molar-refractivity contribution is 0.0219. The number of aromatic nitrogens is 4. The monoisotopic (exact) mass is 545 g/mol. The third kappa shape index (κ3) is 5.71. The molecule has 2 N–H and O–H groups in total. The van der Waals surface area contributed by atoms with Crippen molar-refractivity contribution in [2.24, 2.45) is 0 Å². The molecular formula is C30H36FN7O2. The summed E-state index contributed by atoms with van der Waals surface area (Å²) in [5.41, 5.74) is 3.77. The summed E-state index contributed by atoms with van der Waals surface area (Å²) < 4.78 is 19.1. The molecule has 9 nitrogen and oxygen atoms in total. The Morgan fingerprint density at radius 2 is 1.90 bits per heavy atom. The molecule has 0 saturated carbocycles. The molecule has 1 aliphatic heterocycles. The Morgan fingerprint density at radius 1 is 1.15 bits per heavy atom. The molecule has 0 aliphatic carbocycles. The number of benzene rings is 1. The second kappa shape index (κ2) is 10.7. The number of rotatable bonds is 5. The maximum Gasteiger partial charge on any atom is 0.410 e. The van der Waals surface area contributed by atoms with Gasteiger partial charge in [0, 0.05) is 55.4 Å². The average molecular weight is 546 g/mol. The molecule has 1 aliphatic rings. The number of hydrogen-bond acceptors (Lipinski definition) is 7. The lowest BCUT2D eigenvalue weighted by atomic mass is 10.1. The number of amides is 1. The Hall–Kier alpha value is -4.21. The molecule has 0 radical (unpaired) electrons. The van der Waals surface area contributed by atoms with Crippen LogP contribution >= 0.6 is 0 Å². The van der Waals surface area contributed by atoms with Crippen LogP contribution in [0.4, 0.5) is 26.4 Å². The van der Waals surface area contributed by atoms with Crippen molar-refractivity contribution >= 4 is 34.3 Å². The predicted octanol–water partition coefficient (Wildman–Crippen LogP) is 6.47. The van der Waals surface area contributed by atoms with Gasteiger partial charge in [0.25, 0.3) is 0 Å². The van der Waals surface area contributed by atoms with E-state index < -0.39 is 5.60 Å². The van der Waals surface area contributed by atoms with E-state index in [9.17, 15) is 9.18 Å². The van der Waals surface area contributed by atoms with Crippen LogP contribution in [0.1, 0.15) is 53.0 Å². The molecule has 5 rings (SSSR count). The molecule has 0 unspecified atom stereocenters. The summed E-state index contributed by atoms with van der Waals surface area (Å²) in [6.07, 6.45) is 5.26. The largest absolute Gasteiger partial charge is 0.444 e. The number of anilines is 3. The highest BCUT2D eigenvalue weighted by Gasteiger charge is 2.31. The van der Waals surface area contributed by atoms with Gasteiger partial charge in [0.1, 0.15) is 22.9 Å². The van der Waals surface area contributed by atoms with Gasteiger partial charge in [0.2, 0.25) is 0 Å². The van der Waals surface area contributed by atoms with Crippen LogP contribution in [0.15, 0.2) is 48.9 Å². The minimum atomic E-state index is -0.535. The Labute approximate surface area is 233 Å². The van der Waals surface area contributed by atoms with E-state index in [0.29, 0.717) is 31.3 Å². The first-order valence-electron chi connectivity index (χ1n) is 13.6. The van der Waals surface area contributed by atoms with Crippen LogP contribution < -0.4 is 10.2 Å². The van der Waals surface area contributed by atoms with Crippen LogP contribution in [0.5, 0.6) is 0 Å². The number of pyridine rings is 1. The number of ether oxygens (including phenoxy) is 1. The summed E-state index contributed by atoms with van der Waals surface area (Å²) in [6, 6.07) is 8.16. The van der Waals surface area contributed by atoms with E-state index in [1.165, 1.54) is 12.1 Å². The number of halogens is 1. The van der Waals surface area contributed by atoms with Crippen molar-refractivity contribution in [1.29, 1.82) is 0 Å². The molecule has 4 aromatic rings. The van der Waals surface area contributed by atoms with Gasteiger partial charge in [-0.15, -0.1) is 0 Å². The number of carbonyl (C=O) groups is 1.